The summed E-state index contributed by atoms with van der Waals surface area (Å²) in [6, 6.07) is 3.52. The van der Waals surface area contributed by atoms with E-state index in [1.54, 1.807) is 19.1 Å². The smallest absolute Gasteiger partial charge is 0.326 e. The first kappa shape index (κ1) is 17.0. The minimum atomic E-state index is -1.21. The summed E-state index contributed by atoms with van der Waals surface area (Å²) < 4.78 is 4.44. The third-order valence-corrected chi connectivity index (χ3v) is 3.14. The Morgan fingerprint density at radius 3 is 2.57 bits per heavy atom. The van der Waals surface area contributed by atoms with Gasteiger partial charge >= 0.3 is 11.9 Å². The number of halogens is 1. The number of rotatable bonds is 6. The molecule has 0 aliphatic rings. The second kappa shape index (κ2) is 7.64. The molecule has 1 amide bonds. The zero-order valence-corrected chi connectivity index (χ0v) is 12.4. The van der Waals surface area contributed by atoms with Crippen molar-refractivity contribution in [3.05, 3.63) is 34.3 Å². The number of carbonyl (C=O) groups is 3. The van der Waals surface area contributed by atoms with Gasteiger partial charge in [0.1, 0.15) is 6.04 Å². The zero-order chi connectivity index (χ0) is 16.0. The Hall–Kier alpha value is -2.08. The van der Waals surface area contributed by atoms with Crippen LogP contribution in [-0.4, -0.2) is 36.1 Å². The number of hydrogen-bond donors (Lipinski definition) is 2. The van der Waals surface area contributed by atoms with Gasteiger partial charge in [0.2, 0.25) is 0 Å². The molecular formula is C14H16ClNO5. The molecule has 1 aromatic rings. The first-order chi connectivity index (χ1) is 9.85. The lowest BCUT2D eigenvalue weighted by Crippen LogP contribution is -2.41. The fraction of sp³-hybridized carbons (Fsp3) is 0.357. The summed E-state index contributed by atoms with van der Waals surface area (Å²) in [5.41, 5.74) is 0.973. The van der Waals surface area contributed by atoms with Crippen LogP contribution in [0.25, 0.3) is 0 Å². The molecule has 0 saturated carbocycles. The maximum absolute atomic E-state index is 12.1. The molecule has 1 atom stereocenters. The predicted molar refractivity (Wildman–Crippen MR) is 76.3 cm³/mol. The largest absolute Gasteiger partial charge is 0.480 e. The molecule has 0 saturated heterocycles. The van der Waals surface area contributed by atoms with Gasteiger partial charge in [0.25, 0.3) is 5.91 Å². The van der Waals surface area contributed by atoms with Crippen molar-refractivity contribution in [3.8, 4) is 0 Å². The lowest BCUT2D eigenvalue weighted by atomic mass is 10.1. The van der Waals surface area contributed by atoms with Crippen LogP contribution in [0.5, 0.6) is 0 Å². The Labute approximate surface area is 127 Å². The van der Waals surface area contributed by atoms with Crippen molar-refractivity contribution in [2.75, 3.05) is 7.11 Å². The van der Waals surface area contributed by atoms with Crippen LogP contribution in [0.15, 0.2) is 18.2 Å². The molecular weight excluding hydrogens is 298 g/mol. The maximum atomic E-state index is 12.1. The highest BCUT2D eigenvalue weighted by atomic mass is 35.5. The van der Waals surface area contributed by atoms with Crippen molar-refractivity contribution in [1.82, 2.24) is 5.32 Å². The van der Waals surface area contributed by atoms with Gasteiger partial charge in [-0.25, -0.2) is 4.79 Å². The van der Waals surface area contributed by atoms with Crippen molar-refractivity contribution in [2.24, 2.45) is 0 Å². The molecule has 0 radical (unpaired) electrons. The number of methoxy groups -OCH3 is 1. The fourth-order valence-electron chi connectivity index (χ4n) is 1.74. The molecule has 1 aromatic carbocycles. The quantitative estimate of drug-likeness (QED) is 0.781. The molecule has 114 valence electrons. The SMILES string of the molecule is COC(=O)CC[C@@H](NC(=O)c1ccc(Cl)cc1C)C(=O)O. The van der Waals surface area contributed by atoms with Gasteiger partial charge in [-0.3, -0.25) is 9.59 Å². The van der Waals surface area contributed by atoms with E-state index in [2.05, 4.69) is 10.1 Å². The molecule has 6 nitrogen and oxygen atoms in total. The first-order valence-electron chi connectivity index (χ1n) is 6.21. The van der Waals surface area contributed by atoms with Crippen molar-refractivity contribution in [1.29, 1.82) is 0 Å². The Morgan fingerprint density at radius 2 is 2.05 bits per heavy atom. The van der Waals surface area contributed by atoms with Gasteiger partial charge in [-0.2, -0.15) is 0 Å². The van der Waals surface area contributed by atoms with Crippen molar-refractivity contribution >= 4 is 29.4 Å². The van der Waals surface area contributed by atoms with Gasteiger partial charge in [0.15, 0.2) is 0 Å². The topological polar surface area (TPSA) is 92.7 Å². The lowest BCUT2D eigenvalue weighted by Gasteiger charge is -2.15. The summed E-state index contributed by atoms with van der Waals surface area (Å²) in [5.74, 6) is -2.27. The Balaban J connectivity index is 2.76. The van der Waals surface area contributed by atoms with Gasteiger partial charge in [-0.1, -0.05) is 11.6 Å². The van der Waals surface area contributed by atoms with E-state index < -0.39 is 23.9 Å². The Kier molecular flexibility index (Phi) is 6.17. The van der Waals surface area contributed by atoms with Gasteiger partial charge in [0.05, 0.1) is 7.11 Å². The van der Waals surface area contributed by atoms with E-state index in [0.717, 1.165) is 0 Å². The van der Waals surface area contributed by atoms with Crippen LogP contribution in [0, 0.1) is 6.92 Å². The highest BCUT2D eigenvalue weighted by Crippen LogP contribution is 2.15. The van der Waals surface area contributed by atoms with Crippen LogP contribution >= 0.6 is 11.6 Å². The molecule has 0 heterocycles. The second-order valence-electron chi connectivity index (χ2n) is 4.44. The molecule has 21 heavy (non-hydrogen) atoms. The number of carboxylic acid groups (broad SMARTS) is 1. The number of nitrogens with one attached hydrogen (secondary N) is 1. The summed E-state index contributed by atoms with van der Waals surface area (Å²) in [6.07, 6.45) is -0.131. The van der Waals surface area contributed by atoms with Crippen LogP contribution < -0.4 is 5.32 Å². The maximum Gasteiger partial charge on any atom is 0.326 e. The summed E-state index contributed by atoms with van der Waals surface area (Å²) >= 11 is 5.80. The van der Waals surface area contributed by atoms with E-state index >= 15 is 0 Å². The van der Waals surface area contributed by atoms with Crippen LogP contribution in [0.2, 0.25) is 5.02 Å². The zero-order valence-electron chi connectivity index (χ0n) is 11.7. The van der Waals surface area contributed by atoms with Crippen molar-refractivity contribution < 1.29 is 24.2 Å². The third-order valence-electron chi connectivity index (χ3n) is 2.90. The third kappa shape index (κ3) is 5.07. The van der Waals surface area contributed by atoms with Crippen molar-refractivity contribution in [2.45, 2.75) is 25.8 Å². The van der Waals surface area contributed by atoms with E-state index in [-0.39, 0.29) is 12.8 Å². The fourth-order valence-corrected chi connectivity index (χ4v) is 1.97. The van der Waals surface area contributed by atoms with Crippen LogP contribution in [0.1, 0.15) is 28.8 Å². The van der Waals surface area contributed by atoms with Crippen LogP contribution in [-0.2, 0) is 14.3 Å². The van der Waals surface area contributed by atoms with E-state index in [0.29, 0.717) is 16.1 Å². The van der Waals surface area contributed by atoms with E-state index in [4.69, 9.17) is 16.7 Å². The first-order valence-corrected chi connectivity index (χ1v) is 6.59. The normalized spacial score (nSPS) is 11.6. The average molecular weight is 314 g/mol. The molecule has 0 fully saturated rings. The van der Waals surface area contributed by atoms with Crippen LogP contribution in [0.4, 0.5) is 0 Å². The summed E-state index contributed by atoms with van der Waals surface area (Å²) in [6.45, 7) is 1.70. The number of amides is 1. The minimum absolute atomic E-state index is 0.0413. The monoisotopic (exact) mass is 313 g/mol. The summed E-state index contributed by atoms with van der Waals surface area (Å²) in [5, 5.41) is 12.0. The van der Waals surface area contributed by atoms with Gasteiger partial charge in [-0.15, -0.1) is 0 Å². The van der Waals surface area contributed by atoms with Gasteiger partial charge < -0.3 is 15.2 Å². The number of aryl methyl sites for hydroxylation is 1. The molecule has 0 aliphatic carbocycles. The lowest BCUT2D eigenvalue weighted by molar-refractivity contribution is -0.142. The Bertz CT molecular complexity index is 558. The Morgan fingerprint density at radius 1 is 1.38 bits per heavy atom. The molecule has 0 spiro atoms. The number of carbonyl (C=O) groups excluding carboxylic acids is 2. The highest BCUT2D eigenvalue weighted by molar-refractivity contribution is 6.30. The van der Waals surface area contributed by atoms with E-state index in [1.165, 1.54) is 13.2 Å². The highest BCUT2D eigenvalue weighted by Gasteiger charge is 2.22. The molecule has 7 heteroatoms. The number of carboxylic acids is 1. The van der Waals surface area contributed by atoms with Crippen molar-refractivity contribution in [3.63, 3.8) is 0 Å². The number of ether oxygens (including phenoxy) is 1. The van der Waals surface area contributed by atoms with Crippen LogP contribution in [0.3, 0.4) is 0 Å². The predicted octanol–water partition coefficient (Wildman–Crippen LogP) is 1.78. The average Bonchev–Trinajstić information content (AvgIpc) is 2.42. The molecule has 0 aromatic heterocycles. The summed E-state index contributed by atoms with van der Waals surface area (Å²) in [7, 11) is 1.22. The number of benzene rings is 1. The van der Waals surface area contributed by atoms with Gasteiger partial charge in [-0.05, 0) is 37.1 Å². The van der Waals surface area contributed by atoms with Gasteiger partial charge in [0, 0.05) is 17.0 Å². The summed E-state index contributed by atoms with van der Waals surface area (Å²) in [4.78, 5) is 34.2. The molecule has 0 bridgehead atoms. The molecule has 0 aliphatic heterocycles. The standard InChI is InChI=1S/C14H16ClNO5/c1-8-7-9(15)3-4-10(8)13(18)16-11(14(19)20)5-6-12(17)21-2/h3-4,7,11H,5-6H2,1-2H3,(H,16,18)(H,19,20)/t11-/m1/s1. The minimum Gasteiger partial charge on any atom is -0.480 e. The van der Waals surface area contributed by atoms with E-state index in [1.807, 2.05) is 0 Å². The second-order valence-corrected chi connectivity index (χ2v) is 4.87. The molecule has 0 unspecified atom stereocenters. The number of esters is 1. The number of aliphatic carboxylic acids is 1. The molecule has 1 rings (SSSR count). The molecule has 2 N–H and O–H groups in total. The van der Waals surface area contributed by atoms with E-state index in [9.17, 15) is 14.4 Å². The number of hydrogen-bond acceptors (Lipinski definition) is 4.